The van der Waals surface area contributed by atoms with E-state index in [1.165, 1.54) is 17.1 Å². The van der Waals surface area contributed by atoms with Crippen molar-refractivity contribution in [2.75, 3.05) is 18.4 Å². The maximum absolute atomic E-state index is 11.2. The van der Waals surface area contributed by atoms with Gasteiger partial charge >= 0.3 is 0 Å². The minimum Gasteiger partial charge on any atom is -0.489 e. The van der Waals surface area contributed by atoms with Gasteiger partial charge in [-0.15, -0.1) is 0 Å². The molecule has 2 aliphatic rings. The van der Waals surface area contributed by atoms with Crippen molar-refractivity contribution < 1.29 is 23.9 Å². The van der Waals surface area contributed by atoms with Gasteiger partial charge < -0.3 is 14.2 Å². The fraction of sp³-hybridized carbons (Fsp3) is 0.158. The zero-order valence-corrected chi connectivity index (χ0v) is 14.8. The predicted molar refractivity (Wildman–Crippen MR) is 101 cm³/mol. The lowest BCUT2D eigenvalue weighted by molar-refractivity contribution is -0.384. The third-order valence-electron chi connectivity index (χ3n) is 4.22. The van der Waals surface area contributed by atoms with E-state index in [-0.39, 0.29) is 24.8 Å². The number of carbonyl (C=O) groups excluding carboxylic acids is 1. The van der Waals surface area contributed by atoms with Gasteiger partial charge in [-0.2, -0.15) is 5.10 Å². The third kappa shape index (κ3) is 3.13. The molecule has 0 saturated heterocycles. The standard InChI is InChI=1S/C19H15N3O6/c1-12(10-23)20-21(13-2-5-18-19(9-13)28-11-27-18)16-6-7-26-17-4-3-14(22(24)25)8-15(16)17/h2-6,8-10H,7,11H2,1H3/b20-12+. The van der Waals surface area contributed by atoms with E-state index in [0.29, 0.717) is 40.5 Å². The number of nitrogens with zero attached hydrogens (tertiary/aromatic N) is 3. The second-order valence-corrected chi connectivity index (χ2v) is 6.05. The third-order valence-corrected chi connectivity index (χ3v) is 4.22. The average Bonchev–Trinajstić information content (AvgIpc) is 3.18. The van der Waals surface area contributed by atoms with Crippen LogP contribution in [0.15, 0.2) is 47.6 Å². The number of hydrogen-bond donors (Lipinski definition) is 0. The average molecular weight is 381 g/mol. The Hall–Kier alpha value is -3.88. The van der Waals surface area contributed by atoms with Gasteiger partial charge in [0, 0.05) is 23.8 Å². The molecule has 0 amide bonds. The van der Waals surface area contributed by atoms with Crippen molar-refractivity contribution in [2.24, 2.45) is 5.10 Å². The highest BCUT2D eigenvalue weighted by atomic mass is 16.7. The van der Waals surface area contributed by atoms with Gasteiger partial charge in [-0.1, -0.05) is 0 Å². The lowest BCUT2D eigenvalue weighted by atomic mass is 10.1. The van der Waals surface area contributed by atoms with E-state index in [2.05, 4.69) is 5.10 Å². The Kier molecular flexibility index (Phi) is 4.40. The molecule has 9 nitrogen and oxygen atoms in total. The van der Waals surface area contributed by atoms with Gasteiger partial charge in [0.15, 0.2) is 17.8 Å². The van der Waals surface area contributed by atoms with Crippen molar-refractivity contribution >= 4 is 29.1 Å². The van der Waals surface area contributed by atoms with E-state index in [9.17, 15) is 14.9 Å². The molecule has 2 aromatic rings. The van der Waals surface area contributed by atoms with Crippen LogP contribution in [0.2, 0.25) is 0 Å². The first-order valence-corrected chi connectivity index (χ1v) is 8.39. The number of aldehydes is 1. The van der Waals surface area contributed by atoms with E-state index in [4.69, 9.17) is 14.2 Å². The molecule has 0 aliphatic carbocycles. The van der Waals surface area contributed by atoms with Crippen molar-refractivity contribution in [2.45, 2.75) is 6.92 Å². The molecule has 0 atom stereocenters. The lowest BCUT2D eigenvalue weighted by Gasteiger charge is -2.27. The SMILES string of the molecule is C/C(C=O)=N\N(C1=CCOc2ccc([N+](=O)[O-])cc21)c1ccc2c(c1)OCO2. The molecule has 2 aromatic carbocycles. The Morgan fingerprint density at radius 3 is 2.71 bits per heavy atom. The van der Waals surface area contributed by atoms with Gasteiger partial charge in [0.1, 0.15) is 12.4 Å². The molecule has 0 radical (unpaired) electrons. The summed E-state index contributed by atoms with van der Waals surface area (Å²) >= 11 is 0. The van der Waals surface area contributed by atoms with Gasteiger partial charge in [0.2, 0.25) is 6.79 Å². The van der Waals surface area contributed by atoms with Crippen molar-refractivity contribution in [3.05, 3.63) is 58.2 Å². The molecule has 2 heterocycles. The van der Waals surface area contributed by atoms with Crippen molar-refractivity contribution in [3.8, 4) is 17.2 Å². The summed E-state index contributed by atoms with van der Waals surface area (Å²) in [6.07, 6.45) is 2.38. The van der Waals surface area contributed by atoms with Gasteiger partial charge in [0.05, 0.1) is 22.0 Å². The molecule has 0 spiro atoms. The van der Waals surface area contributed by atoms with Crippen LogP contribution in [0.5, 0.6) is 17.2 Å². The van der Waals surface area contributed by atoms with Crippen LogP contribution < -0.4 is 19.2 Å². The number of non-ortho nitro benzene ring substituents is 1. The normalized spacial score (nSPS) is 14.6. The van der Waals surface area contributed by atoms with E-state index >= 15 is 0 Å². The lowest BCUT2D eigenvalue weighted by Crippen LogP contribution is -2.21. The van der Waals surface area contributed by atoms with E-state index in [0.717, 1.165) is 0 Å². The van der Waals surface area contributed by atoms with Crippen molar-refractivity contribution in [1.29, 1.82) is 0 Å². The summed E-state index contributed by atoms with van der Waals surface area (Å²) in [5.41, 5.74) is 1.83. The van der Waals surface area contributed by atoms with Crippen LogP contribution in [0, 0.1) is 10.1 Å². The second-order valence-electron chi connectivity index (χ2n) is 6.05. The Balaban J connectivity index is 1.84. The Morgan fingerprint density at radius 2 is 1.93 bits per heavy atom. The zero-order valence-electron chi connectivity index (χ0n) is 14.8. The van der Waals surface area contributed by atoms with Crippen LogP contribution in [-0.4, -0.2) is 30.3 Å². The highest BCUT2D eigenvalue weighted by molar-refractivity contribution is 6.27. The Bertz CT molecular complexity index is 1030. The highest BCUT2D eigenvalue weighted by Gasteiger charge is 2.25. The number of hydrazone groups is 1. The number of hydrogen-bond acceptors (Lipinski definition) is 8. The number of carbonyl (C=O) groups is 1. The van der Waals surface area contributed by atoms with Gasteiger partial charge in [0.25, 0.3) is 5.69 Å². The smallest absolute Gasteiger partial charge is 0.270 e. The molecule has 2 aliphatic heterocycles. The van der Waals surface area contributed by atoms with Crippen LogP contribution in [0.1, 0.15) is 12.5 Å². The zero-order chi connectivity index (χ0) is 19.7. The summed E-state index contributed by atoms with van der Waals surface area (Å²) < 4.78 is 16.4. The predicted octanol–water partition coefficient (Wildman–Crippen LogP) is 3.14. The first-order chi connectivity index (χ1) is 13.6. The number of nitro groups is 1. The molecular formula is C19H15N3O6. The first kappa shape index (κ1) is 17.5. The summed E-state index contributed by atoms with van der Waals surface area (Å²) in [5, 5.41) is 17.1. The van der Waals surface area contributed by atoms with Crippen LogP contribution >= 0.6 is 0 Å². The summed E-state index contributed by atoms with van der Waals surface area (Å²) in [6, 6.07) is 9.59. The minimum absolute atomic E-state index is 0.0723. The van der Waals surface area contributed by atoms with Crippen LogP contribution in [0.3, 0.4) is 0 Å². The maximum atomic E-state index is 11.2. The highest BCUT2D eigenvalue weighted by Crippen LogP contribution is 2.41. The number of ether oxygens (including phenoxy) is 3. The van der Waals surface area contributed by atoms with E-state index < -0.39 is 4.92 Å². The molecule has 0 aromatic heterocycles. The molecule has 0 saturated carbocycles. The number of rotatable bonds is 5. The minimum atomic E-state index is -0.475. The van der Waals surface area contributed by atoms with Crippen LogP contribution in [0.4, 0.5) is 11.4 Å². The largest absolute Gasteiger partial charge is 0.489 e. The first-order valence-electron chi connectivity index (χ1n) is 8.39. The van der Waals surface area contributed by atoms with Gasteiger partial charge in [-0.25, -0.2) is 5.01 Å². The number of anilines is 1. The summed E-state index contributed by atoms with van der Waals surface area (Å²) in [4.78, 5) is 21.9. The van der Waals surface area contributed by atoms with E-state index in [1.807, 2.05) is 0 Å². The number of fused-ring (bicyclic) bond motifs is 2. The monoisotopic (exact) mass is 381 g/mol. The topological polar surface area (TPSA) is 104 Å². The molecule has 9 heteroatoms. The molecule has 0 bridgehead atoms. The Morgan fingerprint density at radius 1 is 1.14 bits per heavy atom. The molecule has 0 fully saturated rings. The van der Waals surface area contributed by atoms with Gasteiger partial charge in [-0.3, -0.25) is 14.9 Å². The fourth-order valence-corrected chi connectivity index (χ4v) is 2.93. The Labute approximate surface area is 159 Å². The molecule has 4 rings (SSSR count). The van der Waals surface area contributed by atoms with Crippen LogP contribution in [0.25, 0.3) is 5.70 Å². The summed E-state index contributed by atoms with van der Waals surface area (Å²) in [7, 11) is 0. The molecule has 28 heavy (non-hydrogen) atoms. The summed E-state index contributed by atoms with van der Waals surface area (Å²) in [6.45, 7) is 1.96. The number of benzene rings is 2. The molecular weight excluding hydrogens is 366 g/mol. The second kappa shape index (κ2) is 7.03. The van der Waals surface area contributed by atoms with E-state index in [1.54, 1.807) is 37.3 Å². The molecule has 0 unspecified atom stereocenters. The number of nitro benzene ring substituents is 1. The summed E-state index contributed by atoms with van der Waals surface area (Å²) in [5.74, 6) is 1.65. The van der Waals surface area contributed by atoms with Crippen molar-refractivity contribution in [1.82, 2.24) is 0 Å². The van der Waals surface area contributed by atoms with Crippen LogP contribution in [-0.2, 0) is 4.79 Å². The quantitative estimate of drug-likeness (QED) is 0.339. The van der Waals surface area contributed by atoms with Crippen molar-refractivity contribution in [3.63, 3.8) is 0 Å². The molecule has 0 N–H and O–H groups in total. The van der Waals surface area contributed by atoms with Gasteiger partial charge in [-0.05, 0) is 31.2 Å². The maximum Gasteiger partial charge on any atom is 0.270 e. The fourth-order valence-electron chi connectivity index (χ4n) is 2.93. The molecule has 142 valence electrons.